The van der Waals surface area contributed by atoms with Gasteiger partial charge in [0, 0.05) is 23.1 Å². The number of rotatable bonds is 7. The van der Waals surface area contributed by atoms with Crippen molar-refractivity contribution in [3.05, 3.63) is 52.7 Å². The van der Waals surface area contributed by atoms with Crippen molar-refractivity contribution in [2.24, 2.45) is 0 Å². The first-order valence-electron chi connectivity index (χ1n) is 8.88. The Balaban J connectivity index is 2.05. The van der Waals surface area contributed by atoms with Crippen LogP contribution < -0.4 is 14.9 Å². The molecule has 0 bridgehead atoms. The van der Waals surface area contributed by atoms with Crippen LogP contribution in [0, 0.1) is 0 Å². The summed E-state index contributed by atoms with van der Waals surface area (Å²) in [6, 6.07) is 11.6. The van der Waals surface area contributed by atoms with Gasteiger partial charge in [-0.05, 0) is 44.5 Å². The molecule has 1 heterocycles. The average Bonchev–Trinajstić information content (AvgIpc) is 2.63. The van der Waals surface area contributed by atoms with Crippen molar-refractivity contribution < 1.29 is 19.0 Å². The normalized spacial score (nSPS) is 12.1. The van der Waals surface area contributed by atoms with Crippen molar-refractivity contribution in [3.8, 4) is 17.2 Å². The third-order valence-electron chi connectivity index (χ3n) is 4.01. The molecule has 0 aliphatic carbocycles. The maximum Gasteiger partial charge on any atom is 0.197 e. The number of hydrogen-bond acceptors (Lipinski definition) is 6. The van der Waals surface area contributed by atoms with E-state index in [1.54, 1.807) is 36.4 Å². The van der Waals surface area contributed by atoms with Gasteiger partial charge in [0.25, 0.3) is 0 Å². The molecule has 27 heavy (non-hydrogen) atoms. The van der Waals surface area contributed by atoms with Crippen molar-refractivity contribution in [1.29, 1.82) is 0 Å². The van der Waals surface area contributed by atoms with Crippen LogP contribution in [0.5, 0.6) is 17.2 Å². The molecule has 0 fully saturated rings. The van der Waals surface area contributed by atoms with E-state index in [9.17, 15) is 9.90 Å². The second-order valence-corrected chi connectivity index (χ2v) is 7.17. The molecule has 0 aliphatic heterocycles. The molecular weight excluding hydrogens is 364 g/mol. The van der Waals surface area contributed by atoms with Crippen LogP contribution in [0.4, 0.5) is 0 Å². The highest BCUT2D eigenvalue weighted by Crippen LogP contribution is 2.34. The summed E-state index contributed by atoms with van der Waals surface area (Å²) in [4.78, 5) is 13.5. The standard InChI is InChI=1S/C21H22O5S/c1-4-13(3)25-15-10-18(24-5-2)21-17(23)12-20(26-19(21)11-15)27-16-8-6-14(22)7-9-16/h6-13,22H,4-5H2,1-3H3. The number of fused-ring (bicyclic) bond motifs is 1. The van der Waals surface area contributed by atoms with Crippen molar-refractivity contribution in [2.75, 3.05) is 6.61 Å². The van der Waals surface area contributed by atoms with Crippen LogP contribution in [0.3, 0.4) is 0 Å². The molecule has 142 valence electrons. The van der Waals surface area contributed by atoms with Crippen molar-refractivity contribution in [3.63, 3.8) is 0 Å². The van der Waals surface area contributed by atoms with Gasteiger partial charge < -0.3 is 19.0 Å². The molecule has 6 heteroatoms. The van der Waals surface area contributed by atoms with Crippen LogP contribution >= 0.6 is 11.8 Å². The maximum absolute atomic E-state index is 12.7. The van der Waals surface area contributed by atoms with Gasteiger partial charge in [0.05, 0.1) is 12.7 Å². The Bertz CT molecular complexity index is 978. The van der Waals surface area contributed by atoms with Crippen molar-refractivity contribution >= 4 is 22.7 Å². The molecule has 2 aromatic carbocycles. The van der Waals surface area contributed by atoms with Gasteiger partial charge in [-0.25, -0.2) is 0 Å². The van der Waals surface area contributed by atoms with E-state index >= 15 is 0 Å². The zero-order chi connectivity index (χ0) is 19.4. The summed E-state index contributed by atoms with van der Waals surface area (Å²) in [5, 5.41) is 10.3. The lowest BCUT2D eigenvalue weighted by Crippen LogP contribution is -2.10. The lowest BCUT2D eigenvalue weighted by Gasteiger charge is -2.15. The number of ether oxygens (including phenoxy) is 2. The van der Waals surface area contributed by atoms with Gasteiger partial charge in [0.1, 0.15) is 28.2 Å². The zero-order valence-corrected chi connectivity index (χ0v) is 16.3. The first-order chi connectivity index (χ1) is 13.0. The third kappa shape index (κ3) is 4.57. The van der Waals surface area contributed by atoms with E-state index < -0.39 is 0 Å². The predicted molar refractivity (Wildman–Crippen MR) is 106 cm³/mol. The Hall–Kier alpha value is -2.60. The van der Waals surface area contributed by atoms with E-state index in [1.165, 1.54) is 17.8 Å². The highest BCUT2D eigenvalue weighted by atomic mass is 32.2. The van der Waals surface area contributed by atoms with Crippen LogP contribution in [0.1, 0.15) is 27.2 Å². The summed E-state index contributed by atoms with van der Waals surface area (Å²) in [6.45, 7) is 6.33. The summed E-state index contributed by atoms with van der Waals surface area (Å²) in [5.74, 6) is 1.26. The quantitative estimate of drug-likeness (QED) is 0.600. The molecule has 0 aliphatic rings. The van der Waals surface area contributed by atoms with E-state index in [1.807, 2.05) is 20.8 Å². The Labute approximate surface area is 161 Å². The topological polar surface area (TPSA) is 68.9 Å². The molecule has 0 saturated carbocycles. The summed E-state index contributed by atoms with van der Waals surface area (Å²) >= 11 is 1.31. The van der Waals surface area contributed by atoms with E-state index in [0.29, 0.717) is 34.2 Å². The average molecular weight is 386 g/mol. The molecule has 0 spiro atoms. The van der Waals surface area contributed by atoms with E-state index in [0.717, 1.165) is 11.3 Å². The molecule has 5 nitrogen and oxygen atoms in total. The summed E-state index contributed by atoms with van der Waals surface area (Å²) in [5.41, 5.74) is 0.254. The first-order valence-corrected chi connectivity index (χ1v) is 9.70. The number of benzene rings is 2. The van der Waals surface area contributed by atoms with E-state index in [2.05, 4.69) is 0 Å². The van der Waals surface area contributed by atoms with Gasteiger partial charge >= 0.3 is 0 Å². The van der Waals surface area contributed by atoms with Gasteiger partial charge in [0.15, 0.2) is 10.5 Å². The van der Waals surface area contributed by atoms with Gasteiger partial charge in [-0.3, -0.25) is 4.79 Å². The molecule has 1 unspecified atom stereocenters. The summed E-state index contributed by atoms with van der Waals surface area (Å²) in [6.07, 6.45) is 0.904. The first kappa shape index (κ1) is 19.2. The van der Waals surface area contributed by atoms with Crippen LogP contribution in [-0.4, -0.2) is 17.8 Å². The third-order valence-corrected chi connectivity index (χ3v) is 4.92. The predicted octanol–water partition coefficient (Wildman–Crippen LogP) is 5.23. The zero-order valence-electron chi connectivity index (χ0n) is 15.5. The monoisotopic (exact) mass is 386 g/mol. The maximum atomic E-state index is 12.7. The van der Waals surface area contributed by atoms with Crippen molar-refractivity contribution in [2.45, 2.75) is 43.3 Å². The van der Waals surface area contributed by atoms with Gasteiger partial charge in [-0.15, -0.1) is 0 Å². The van der Waals surface area contributed by atoms with Crippen LogP contribution in [0.25, 0.3) is 11.0 Å². The highest BCUT2D eigenvalue weighted by Gasteiger charge is 2.15. The SMILES string of the molecule is CCOc1cc(OC(C)CC)cc2oc(Sc3ccc(O)cc3)cc(=O)c12. The fourth-order valence-electron chi connectivity index (χ4n) is 2.54. The summed E-state index contributed by atoms with van der Waals surface area (Å²) in [7, 11) is 0. The number of phenols is 1. The number of phenolic OH excluding ortho intramolecular Hbond substituents is 1. The Morgan fingerprint density at radius 1 is 1.15 bits per heavy atom. The Morgan fingerprint density at radius 3 is 2.56 bits per heavy atom. The largest absolute Gasteiger partial charge is 0.508 e. The van der Waals surface area contributed by atoms with Gasteiger partial charge in [-0.2, -0.15) is 0 Å². The molecule has 0 amide bonds. The minimum absolute atomic E-state index is 0.0400. The molecule has 3 aromatic rings. The fraction of sp³-hybridized carbons (Fsp3) is 0.286. The van der Waals surface area contributed by atoms with Gasteiger partial charge in [-0.1, -0.05) is 18.7 Å². The molecule has 1 aromatic heterocycles. The number of aromatic hydroxyl groups is 1. The van der Waals surface area contributed by atoms with E-state index in [4.69, 9.17) is 13.9 Å². The van der Waals surface area contributed by atoms with Gasteiger partial charge in [0.2, 0.25) is 0 Å². The molecule has 3 rings (SSSR count). The molecule has 0 radical (unpaired) electrons. The smallest absolute Gasteiger partial charge is 0.197 e. The molecular formula is C21H22O5S. The van der Waals surface area contributed by atoms with E-state index in [-0.39, 0.29) is 17.3 Å². The minimum atomic E-state index is -0.170. The molecule has 0 saturated heterocycles. The summed E-state index contributed by atoms with van der Waals surface area (Å²) < 4.78 is 17.5. The Morgan fingerprint density at radius 2 is 1.89 bits per heavy atom. The van der Waals surface area contributed by atoms with Crippen LogP contribution in [0.15, 0.2) is 61.7 Å². The molecule has 1 atom stereocenters. The lowest BCUT2D eigenvalue weighted by molar-refractivity contribution is 0.216. The highest BCUT2D eigenvalue weighted by molar-refractivity contribution is 7.99. The van der Waals surface area contributed by atoms with Crippen molar-refractivity contribution in [1.82, 2.24) is 0 Å². The fourth-order valence-corrected chi connectivity index (χ4v) is 3.34. The number of hydrogen-bond donors (Lipinski definition) is 1. The van der Waals surface area contributed by atoms with Crippen LogP contribution in [-0.2, 0) is 0 Å². The lowest BCUT2D eigenvalue weighted by atomic mass is 10.2. The second-order valence-electron chi connectivity index (χ2n) is 6.09. The minimum Gasteiger partial charge on any atom is -0.508 e. The second kappa shape index (κ2) is 8.39. The van der Waals surface area contributed by atoms with Crippen LogP contribution in [0.2, 0.25) is 0 Å². The Kier molecular flexibility index (Phi) is 5.96. The molecule has 1 N–H and O–H groups in total.